The maximum Gasteiger partial charge on any atom is 0.573 e. The largest absolute Gasteiger partial charge is 0.573 e. The highest BCUT2D eigenvalue weighted by atomic mass is 19.4. The molecule has 0 saturated carbocycles. The molecule has 0 aromatic heterocycles. The van der Waals surface area contributed by atoms with Crippen LogP contribution in [-0.2, 0) is 0 Å². The Hall–Kier alpha value is -8.35. The van der Waals surface area contributed by atoms with Gasteiger partial charge in [0.2, 0.25) is 0 Å². The minimum Gasteiger partial charge on any atom is -0.405 e. The summed E-state index contributed by atoms with van der Waals surface area (Å²) in [5.74, 6) is -3.90. The summed E-state index contributed by atoms with van der Waals surface area (Å²) < 4.78 is 105. The first kappa shape index (κ1) is 35.9. The zero-order valence-electron chi connectivity index (χ0n) is 25.6. The first-order valence-electron chi connectivity index (χ1n) is 14.0. The molecule has 0 amide bonds. The van der Waals surface area contributed by atoms with Crippen molar-refractivity contribution in [1.29, 1.82) is 42.1 Å². The lowest BCUT2D eigenvalue weighted by Gasteiger charge is -2.17. The molecule has 2 aliphatic rings. The minimum absolute atomic E-state index is 0.258. The molecule has 17 heteroatoms. The third-order valence-corrected chi connectivity index (χ3v) is 7.67. The molecule has 0 unspecified atom stereocenters. The number of halogens is 7. The monoisotopic (exact) mass is 716 g/mol. The average Bonchev–Trinajstić information content (AvgIpc) is 3.58. The molecule has 0 spiro atoms. The molecular formula is C36H7F7N8O2. The van der Waals surface area contributed by atoms with Gasteiger partial charge in [0.15, 0.2) is 0 Å². The number of nitriles is 8. The van der Waals surface area contributed by atoms with Crippen molar-refractivity contribution in [2.24, 2.45) is 0 Å². The smallest absolute Gasteiger partial charge is 0.405 e. The maximum atomic E-state index is 15.8. The van der Waals surface area contributed by atoms with E-state index in [9.17, 15) is 68.4 Å². The van der Waals surface area contributed by atoms with Crippen LogP contribution in [0.2, 0.25) is 0 Å². The van der Waals surface area contributed by atoms with Crippen molar-refractivity contribution >= 4 is 33.4 Å². The van der Waals surface area contributed by atoms with Crippen molar-refractivity contribution in [1.82, 2.24) is 0 Å². The van der Waals surface area contributed by atoms with E-state index in [-0.39, 0.29) is 27.8 Å². The van der Waals surface area contributed by atoms with Gasteiger partial charge < -0.3 is 9.47 Å². The highest BCUT2D eigenvalue weighted by Crippen LogP contribution is 2.56. The molecule has 0 bridgehead atoms. The van der Waals surface area contributed by atoms with Gasteiger partial charge >= 0.3 is 12.7 Å². The molecule has 0 heterocycles. The number of ether oxygens (including phenoxy) is 2. The summed E-state index contributed by atoms with van der Waals surface area (Å²) in [6.45, 7) is 0. The molecule has 3 aromatic rings. The molecule has 2 aliphatic carbocycles. The van der Waals surface area contributed by atoms with Crippen molar-refractivity contribution in [2.45, 2.75) is 12.7 Å². The number of fused-ring (bicyclic) bond motifs is 2. The number of rotatable bonds is 4. The predicted octanol–water partition coefficient (Wildman–Crippen LogP) is 7.86. The van der Waals surface area contributed by atoms with Crippen LogP contribution in [0.5, 0.6) is 11.5 Å². The molecule has 0 N–H and O–H groups in total. The second kappa shape index (κ2) is 13.2. The lowest BCUT2D eigenvalue weighted by Crippen LogP contribution is -2.18. The number of hydrogen-bond donors (Lipinski definition) is 0. The van der Waals surface area contributed by atoms with Gasteiger partial charge in [-0.15, -0.1) is 26.3 Å². The Morgan fingerprint density at radius 1 is 0.491 bits per heavy atom. The topological polar surface area (TPSA) is 209 Å². The van der Waals surface area contributed by atoms with E-state index in [0.717, 1.165) is 24.3 Å². The minimum atomic E-state index is -5.49. The van der Waals surface area contributed by atoms with Gasteiger partial charge in [-0.3, -0.25) is 0 Å². The Labute approximate surface area is 292 Å². The third-order valence-electron chi connectivity index (χ3n) is 7.67. The summed E-state index contributed by atoms with van der Waals surface area (Å²) in [6, 6.07) is 18.5. The van der Waals surface area contributed by atoms with Crippen LogP contribution in [0.1, 0.15) is 44.5 Å². The fraction of sp³-hybridized carbons (Fsp3) is 0.0556. The third kappa shape index (κ3) is 6.18. The summed E-state index contributed by atoms with van der Waals surface area (Å²) in [7, 11) is 0. The van der Waals surface area contributed by atoms with Gasteiger partial charge in [0, 0.05) is 39.0 Å². The van der Waals surface area contributed by atoms with Crippen molar-refractivity contribution in [3.63, 3.8) is 0 Å². The molecule has 5 rings (SSSR count). The number of nitrogens with zero attached hydrogens (tertiary/aromatic N) is 8. The second-order valence-corrected chi connectivity index (χ2v) is 10.5. The van der Waals surface area contributed by atoms with Crippen LogP contribution in [0.3, 0.4) is 0 Å². The zero-order chi connectivity index (χ0) is 39.0. The van der Waals surface area contributed by atoms with Gasteiger partial charge in [-0.25, -0.2) is 4.39 Å². The van der Waals surface area contributed by atoms with E-state index in [2.05, 4.69) is 9.47 Å². The molecule has 3 aromatic carbocycles. The van der Waals surface area contributed by atoms with E-state index >= 15 is 4.39 Å². The maximum absolute atomic E-state index is 15.8. The molecule has 0 fully saturated rings. The first-order valence-corrected chi connectivity index (χ1v) is 14.0. The van der Waals surface area contributed by atoms with Crippen LogP contribution in [0.4, 0.5) is 30.7 Å². The van der Waals surface area contributed by atoms with Gasteiger partial charge in [-0.05, 0) is 53.6 Å². The van der Waals surface area contributed by atoms with Crippen LogP contribution < -0.4 is 9.47 Å². The first-order chi connectivity index (χ1) is 25.1. The Kier molecular flexibility index (Phi) is 8.93. The number of hydrogen-bond acceptors (Lipinski definition) is 10. The van der Waals surface area contributed by atoms with E-state index in [1.54, 1.807) is 30.3 Å². The predicted molar refractivity (Wildman–Crippen MR) is 163 cm³/mol. The van der Waals surface area contributed by atoms with Gasteiger partial charge in [0.1, 0.15) is 64.9 Å². The second-order valence-electron chi connectivity index (χ2n) is 10.5. The lowest BCUT2D eigenvalue weighted by atomic mass is 9.89. The molecule has 252 valence electrons. The fourth-order valence-corrected chi connectivity index (χ4v) is 5.86. The summed E-state index contributed by atoms with van der Waals surface area (Å²) in [6.07, 6.45) is -10.8. The summed E-state index contributed by atoms with van der Waals surface area (Å²) in [4.78, 5) is 0. The number of benzene rings is 3. The van der Waals surface area contributed by atoms with Crippen molar-refractivity contribution in [2.75, 3.05) is 0 Å². The van der Waals surface area contributed by atoms with Crippen molar-refractivity contribution < 1.29 is 40.2 Å². The van der Waals surface area contributed by atoms with Crippen molar-refractivity contribution in [3.05, 3.63) is 104 Å². The quantitative estimate of drug-likeness (QED) is 0.188. The molecule has 53 heavy (non-hydrogen) atoms. The van der Waals surface area contributed by atoms with E-state index in [1.165, 1.54) is 18.2 Å². The molecule has 0 radical (unpaired) electrons. The molecule has 0 aliphatic heterocycles. The zero-order valence-corrected chi connectivity index (χ0v) is 25.6. The van der Waals surface area contributed by atoms with Gasteiger partial charge in [0.25, 0.3) is 0 Å². The van der Waals surface area contributed by atoms with Crippen LogP contribution in [0.25, 0.3) is 33.4 Å². The summed E-state index contributed by atoms with van der Waals surface area (Å²) >= 11 is 0. The van der Waals surface area contributed by atoms with Gasteiger partial charge in [-0.2, -0.15) is 42.1 Å². The van der Waals surface area contributed by atoms with Crippen LogP contribution in [0.15, 0.2) is 53.6 Å². The van der Waals surface area contributed by atoms with Crippen LogP contribution in [-0.4, -0.2) is 12.7 Å². The highest BCUT2D eigenvalue weighted by Gasteiger charge is 2.41. The van der Waals surface area contributed by atoms with E-state index < -0.39 is 91.3 Å². The summed E-state index contributed by atoms with van der Waals surface area (Å²) in [5, 5.41) is 79.1. The Morgan fingerprint density at radius 2 is 0.943 bits per heavy atom. The van der Waals surface area contributed by atoms with Crippen LogP contribution in [0, 0.1) is 96.5 Å². The van der Waals surface area contributed by atoms with E-state index in [1.807, 2.05) is 0 Å². The molecule has 10 nitrogen and oxygen atoms in total. The number of alkyl halides is 6. The summed E-state index contributed by atoms with van der Waals surface area (Å²) in [5.41, 5.74) is -8.97. The van der Waals surface area contributed by atoms with Gasteiger partial charge in [-0.1, -0.05) is 0 Å². The lowest BCUT2D eigenvalue weighted by molar-refractivity contribution is -0.275. The van der Waals surface area contributed by atoms with E-state index in [4.69, 9.17) is 0 Å². The molecule has 0 atom stereocenters. The SMILES string of the molecule is N#CC(C#N)=C1C(c2ccc(C#N)cc2OC(F)(F)F)=C(C#N)c2cc3c(cc21)C(C#N)=C(c1c(F)cc(C#N)cc1OC(F)(F)F)C3=C(C#N)C#N. The standard InChI is InChI=1S/C36H7F7N8O2/c37-27-3-17(9-45)5-29(53-36(41,42)43)34(27)33-26(15-51)22-7-23-21(6-24(22)31(33)19(12-48)13-49)25(14-50)32(30(23)18(10-46)11-47)20-2-1-16(8-44)4-28(20)52-35(38,39)40/h1-7H. The highest BCUT2D eigenvalue weighted by molar-refractivity contribution is 6.30. The normalized spacial score (nSPS) is 12.8. The Balaban J connectivity index is 1.96. The molecule has 0 saturated heterocycles. The molecular weight excluding hydrogens is 709 g/mol. The Morgan fingerprint density at radius 3 is 1.40 bits per heavy atom. The Bertz CT molecular complexity index is 2660. The average molecular weight is 716 g/mol. The number of allylic oxidation sites excluding steroid dienone is 8. The van der Waals surface area contributed by atoms with E-state index in [0.29, 0.717) is 18.2 Å². The van der Waals surface area contributed by atoms with Crippen LogP contribution >= 0.6 is 0 Å². The van der Waals surface area contributed by atoms with Gasteiger partial charge in [0.05, 0.1) is 40.0 Å². The van der Waals surface area contributed by atoms with Crippen molar-refractivity contribution in [3.8, 4) is 60.1 Å². The fourth-order valence-electron chi connectivity index (χ4n) is 5.86.